The Labute approximate surface area is 173 Å². The van der Waals surface area contributed by atoms with Gasteiger partial charge in [-0.3, -0.25) is 0 Å². The minimum absolute atomic E-state index is 0.238. The summed E-state index contributed by atoms with van der Waals surface area (Å²) in [6.07, 6.45) is 0. The number of phenolic OH excluding ortho intramolecular Hbond substituents is 1. The normalized spacial score (nSPS) is 11.5. The van der Waals surface area contributed by atoms with Crippen molar-refractivity contribution in [2.45, 2.75) is 0 Å². The van der Waals surface area contributed by atoms with E-state index in [4.69, 9.17) is 0 Å². The molecule has 144 valence electrons. The van der Waals surface area contributed by atoms with Gasteiger partial charge in [-0.15, -0.1) is 0 Å². The van der Waals surface area contributed by atoms with Gasteiger partial charge in [-0.1, -0.05) is 54.6 Å². The molecule has 0 unspecified atom stereocenters. The summed E-state index contributed by atoms with van der Waals surface area (Å²) >= 11 is 0. The quantitative estimate of drug-likeness (QED) is 0.306. The van der Waals surface area contributed by atoms with Crippen LogP contribution in [-0.2, 0) is 0 Å². The van der Waals surface area contributed by atoms with Gasteiger partial charge >= 0.3 is 0 Å². The molecule has 0 aliphatic carbocycles. The minimum Gasteiger partial charge on any atom is -0.506 e. The number of fused-ring (bicyclic) bond motifs is 5. The summed E-state index contributed by atoms with van der Waals surface area (Å²) in [6.45, 7) is 0. The zero-order valence-corrected chi connectivity index (χ0v) is 16.1. The fourth-order valence-corrected chi connectivity index (χ4v) is 4.33. The number of hydrogen-bond donors (Lipinski definition) is 3. The second-order valence-electron chi connectivity index (χ2n) is 7.40. The van der Waals surface area contributed by atoms with Crippen LogP contribution in [0.15, 0.2) is 97.1 Å². The lowest BCUT2D eigenvalue weighted by Crippen LogP contribution is -2.10. The van der Waals surface area contributed by atoms with Gasteiger partial charge in [0.25, 0.3) is 0 Å². The van der Waals surface area contributed by atoms with Crippen LogP contribution in [0.1, 0.15) is 0 Å². The van der Waals surface area contributed by atoms with E-state index in [-0.39, 0.29) is 5.75 Å². The van der Waals surface area contributed by atoms with Crippen molar-refractivity contribution in [3.05, 3.63) is 97.1 Å². The summed E-state index contributed by atoms with van der Waals surface area (Å²) in [5, 5.41) is 13.0. The molecule has 3 N–H and O–H groups in total. The first-order valence-corrected chi connectivity index (χ1v) is 9.95. The number of aromatic amines is 2. The molecule has 30 heavy (non-hydrogen) atoms. The first-order chi connectivity index (χ1) is 14.8. The fourth-order valence-electron chi connectivity index (χ4n) is 4.33. The highest BCUT2D eigenvalue weighted by Crippen LogP contribution is 2.44. The van der Waals surface area contributed by atoms with E-state index in [1.165, 1.54) is 5.39 Å². The number of nitrogens with one attached hydrogen (secondary N) is 2. The summed E-state index contributed by atoms with van der Waals surface area (Å²) in [4.78, 5) is 9.29. The third kappa shape index (κ3) is 2.40. The van der Waals surface area contributed by atoms with E-state index >= 15 is 0 Å². The number of hydrogen-bond acceptors (Lipinski definition) is 2. The Kier molecular flexibility index (Phi) is 3.59. The molecule has 0 saturated heterocycles. The number of phenols is 1. The molecule has 4 aromatic carbocycles. The first kappa shape index (κ1) is 16.7. The van der Waals surface area contributed by atoms with Gasteiger partial charge in [0, 0.05) is 22.0 Å². The Morgan fingerprint density at radius 3 is 2.10 bits per heavy atom. The zero-order valence-electron chi connectivity index (χ0n) is 16.1. The maximum Gasteiger partial charge on any atom is 0.139 e. The Bertz CT molecular complexity index is 1510. The number of rotatable bonds is 3. The molecule has 4 heteroatoms. The van der Waals surface area contributed by atoms with Gasteiger partial charge < -0.3 is 20.0 Å². The van der Waals surface area contributed by atoms with E-state index in [9.17, 15) is 5.11 Å². The predicted molar refractivity (Wildman–Crippen MR) is 124 cm³/mol. The SMILES string of the molecule is Oc1ccccc1N(c1ccccc1)c1cccc2[nH]c3c4ccccc4[nH]c3c12. The van der Waals surface area contributed by atoms with E-state index in [1.807, 2.05) is 48.5 Å². The van der Waals surface area contributed by atoms with Crippen LogP contribution in [0.2, 0.25) is 0 Å². The largest absolute Gasteiger partial charge is 0.506 e. The highest BCUT2D eigenvalue weighted by Gasteiger charge is 2.21. The van der Waals surface area contributed by atoms with Gasteiger partial charge in [0.2, 0.25) is 0 Å². The number of para-hydroxylation sites is 4. The summed E-state index contributed by atoms with van der Waals surface area (Å²) in [6, 6.07) is 32.1. The number of nitrogens with zero attached hydrogens (tertiary/aromatic N) is 1. The number of benzene rings is 4. The number of aromatic nitrogens is 2. The Morgan fingerprint density at radius 1 is 0.567 bits per heavy atom. The molecular weight excluding hydrogens is 370 g/mol. The molecule has 0 aliphatic heterocycles. The monoisotopic (exact) mass is 389 g/mol. The van der Waals surface area contributed by atoms with Gasteiger partial charge in [0.1, 0.15) is 5.75 Å². The Morgan fingerprint density at radius 2 is 1.23 bits per heavy atom. The highest BCUT2D eigenvalue weighted by atomic mass is 16.3. The Hall–Kier alpha value is -4.18. The van der Waals surface area contributed by atoms with Crippen LogP contribution in [-0.4, -0.2) is 15.1 Å². The second-order valence-corrected chi connectivity index (χ2v) is 7.40. The molecule has 6 aromatic rings. The molecule has 0 amide bonds. The van der Waals surface area contributed by atoms with Crippen LogP contribution in [0.3, 0.4) is 0 Å². The van der Waals surface area contributed by atoms with Crippen LogP contribution in [0.25, 0.3) is 32.8 Å². The zero-order chi connectivity index (χ0) is 20.1. The van der Waals surface area contributed by atoms with E-state index in [2.05, 4.69) is 57.3 Å². The first-order valence-electron chi connectivity index (χ1n) is 9.95. The molecular formula is C26H19N3O. The Balaban J connectivity index is 1.72. The van der Waals surface area contributed by atoms with Gasteiger partial charge in [0.15, 0.2) is 0 Å². The molecule has 0 aliphatic rings. The second kappa shape index (κ2) is 6.42. The lowest BCUT2D eigenvalue weighted by atomic mass is 10.1. The molecule has 2 heterocycles. The number of anilines is 3. The average Bonchev–Trinajstić information content (AvgIpc) is 3.32. The maximum absolute atomic E-state index is 10.7. The third-order valence-corrected chi connectivity index (χ3v) is 5.64. The van der Waals surface area contributed by atoms with Gasteiger partial charge in [0.05, 0.1) is 27.9 Å². The molecule has 0 bridgehead atoms. The van der Waals surface area contributed by atoms with Crippen LogP contribution in [0.5, 0.6) is 5.75 Å². The topological polar surface area (TPSA) is 55.0 Å². The minimum atomic E-state index is 0.238. The predicted octanol–water partition coefficient (Wildman–Crippen LogP) is 6.98. The van der Waals surface area contributed by atoms with Gasteiger partial charge in [-0.25, -0.2) is 0 Å². The lowest BCUT2D eigenvalue weighted by molar-refractivity contribution is 0.476. The van der Waals surface area contributed by atoms with Crippen LogP contribution >= 0.6 is 0 Å². The summed E-state index contributed by atoms with van der Waals surface area (Å²) in [5.74, 6) is 0.238. The van der Waals surface area contributed by atoms with E-state index in [1.54, 1.807) is 6.07 Å². The van der Waals surface area contributed by atoms with Crippen molar-refractivity contribution in [1.82, 2.24) is 9.97 Å². The molecule has 4 nitrogen and oxygen atoms in total. The molecule has 0 spiro atoms. The molecule has 2 aromatic heterocycles. The number of H-pyrrole nitrogens is 2. The van der Waals surface area contributed by atoms with E-state index < -0.39 is 0 Å². The van der Waals surface area contributed by atoms with E-state index in [0.29, 0.717) is 0 Å². The summed E-state index contributed by atoms with van der Waals surface area (Å²) in [5.41, 5.74) is 7.04. The van der Waals surface area contributed by atoms with Crippen molar-refractivity contribution in [1.29, 1.82) is 0 Å². The van der Waals surface area contributed by atoms with Crippen LogP contribution in [0.4, 0.5) is 17.1 Å². The maximum atomic E-state index is 10.7. The van der Waals surface area contributed by atoms with Gasteiger partial charge in [-0.2, -0.15) is 0 Å². The standard InChI is InChI=1S/C26H19N3O/c30-23-16-7-6-14-21(23)29(17-9-2-1-3-10-17)22-15-8-13-20-24(22)26-25(28-20)18-11-4-5-12-19(18)27-26/h1-16,27-28,30H. The van der Waals surface area contributed by atoms with Crippen LogP contribution in [0, 0.1) is 0 Å². The van der Waals surface area contributed by atoms with Crippen molar-refractivity contribution >= 4 is 49.9 Å². The van der Waals surface area contributed by atoms with Crippen molar-refractivity contribution in [3.63, 3.8) is 0 Å². The molecule has 0 radical (unpaired) electrons. The van der Waals surface area contributed by atoms with Crippen molar-refractivity contribution in [3.8, 4) is 5.75 Å². The smallest absolute Gasteiger partial charge is 0.139 e. The molecule has 0 atom stereocenters. The fraction of sp³-hybridized carbons (Fsp3) is 0. The molecule has 0 fully saturated rings. The summed E-state index contributed by atoms with van der Waals surface area (Å²) < 4.78 is 0. The average molecular weight is 389 g/mol. The lowest BCUT2D eigenvalue weighted by Gasteiger charge is -2.26. The van der Waals surface area contributed by atoms with Crippen molar-refractivity contribution in [2.75, 3.05) is 4.90 Å². The highest BCUT2D eigenvalue weighted by molar-refractivity contribution is 6.21. The van der Waals surface area contributed by atoms with Crippen LogP contribution < -0.4 is 4.90 Å². The number of aromatic hydroxyl groups is 1. The molecule has 6 rings (SSSR count). The third-order valence-electron chi connectivity index (χ3n) is 5.64. The van der Waals surface area contributed by atoms with Gasteiger partial charge in [-0.05, 0) is 42.5 Å². The molecule has 0 saturated carbocycles. The van der Waals surface area contributed by atoms with Crippen molar-refractivity contribution < 1.29 is 5.11 Å². The summed E-state index contributed by atoms with van der Waals surface area (Å²) in [7, 11) is 0. The van der Waals surface area contributed by atoms with E-state index in [0.717, 1.165) is 44.5 Å². The van der Waals surface area contributed by atoms with Crippen molar-refractivity contribution in [2.24, 2.45) is 0 Å².